The van der Waals surface area contributed by atoms with Crippen molar-refractivity contribution in [1.82, 2.24) is 15.0 Å². The second-order valence-electron chi connectivity index (χ2n) is 5.40. The average Bonchev–Trinajstić information content (AvgIpc) is 2.61. The van der Waals surface area contributed by atoms with Crippen molar-refractivity contribution in [1.29, 1.82) is 0 Å². The van der Waals surface area contributed by atoms with Crippen LogP contribution in [0.3, 0.4) is 0 Å². The first-order valence-electron chi connectivity index (χ1n) is 8.07. The molecule has 0 saturated carbocycles. The molecular formula is C16H18F5N5O. The van der Waals surface area contributed by atoms with Crippen molar-refractivity contribution >= 4 is 17.6 Å². The summed E-state index contributed by atoms with van der Waals surface area (Å²) in [6.07, 6.45) is -3.88. The number of rotatable bonds is 9. The summed E-state index contributed by atoms with van der Waals surface area (Å²) < 4.78 is 68.8. The molecule has 0 unspecified atom stereocenters. The van der Waals surface area contributed by atoms with E-state index in [-0.39, 0.29) is 11.9 Å². The van der Waals surface area contributed by atoms with Crippen molar-refractivity contribution in [2.24, 2.45) is 0 Å². The number of nitrogens with zero attached hydrogens (tertiary/aromatic N) is 4. The van der Waals surface area contributed by atoms with Crippen LogP contribution in [0.25, 0.3) is 0 Å². The van der Waals surface area contributed by atoms with Gasteiger partial charge >= 0.3 is 18.4 Å². The third-order valence-electron chi connectivity index (χ3n) is 3.44. The molecule has 1 aromatic carbocycles. The van der Waals surface area contributed by atoms with E-state index in [1.807, 2.05) is 13.8 Å². The number of nitrogens with one attached hydrogen (secondary N) is 1. The topological polar surface area (TPSA) is 63.2 Å². The summed E-state index contributed by atoms with van der Waals surface area (Å²) in [4.78, 5) is 13.5. The molecule has 1 heterocycles. The number of ether oxygens (including phenoxy) is 1. The van der Waals surface area contributed by atoms with Crippen molar-refractivity contribution < 1.29 is 26.7 Å². The van der Waals surface area contributed by atoms with Crippen LogP contribution in [-0.2, 0) is 0 Å². The first-order chi connectivity index (χ1) is 12.7. The molecule has 11 heteroatoms. The van der Waals surface area contributed by atoms with Gasteiger partial charge in [0.2, 0.25) is 11.9 Å². The molecule has 1 N–H and O–H groups in total. The largest absolute Gasteiger partial charge is 0.457 e. The van der Waals surface area contributed by atoms with Gasteiger partial charge in [-0.2, -0.15) is 23.7 Å². The van der Waals surface area contributed by atoms with Crippen molar-refractivity contribution in [3.8, 4) is 6.01 Å². The van der Waals surface area contributed by atoms with E-state index >= 15 is 0 Å². The van der Waals surface area contributed by atoms with E-state index in [4.69, 9.17) is 0 Å². The Labute approximate surface area is 152 Å². The molecule has 0 amide bonds. The third-order valence-corrected chi connectivity index (χ3v) is 3.44. The summed E-state index contributed by atoms with van der Waals surface area (Å²) in [5, 5.41) is 2.70. The number of anilines is 3. The summed E-state index contributed by atoms with van der Waals surface area (Å²) in [7, 11) is 0. The first kappa shape index (κ1) is 20.6. The second kappa shape index (κ2) is 8.78. The Bertz CT molecular complexity index is 758. The fraction of sp³-hybridized carbons (Fsp3) is 0.438. The van der Waals surface area contributed by atoms with E-state index < -0.39 is 30.8 Å². The predicted molar refractivity (Wildman–Crippen MR) is 89.5 cm³/mol. The zero-order valence-electron chi connectivity index (χ0n) is 14.6. The number of hydrogen-bond acceptors (Lipinski definition) is 6. The van der Waals surface area contributed by atoms with Gasteiger partial charge in [-0.15, -0.1) is 0 Å². The summed E-state index contributed by atoms with van der Waals surface area (Å²) in [5.41, 5.74) is 0.301. The number of aromatic nitrogens is 3. The fourth-order valence-corrected chi connectivity index (χ4v) is 2.03. The Morgan fingerprint density at radius 1 is 1.15 bits per heavy atom. The molecule has 0 aliphatic carbocycles. The third kappa shape index (κ3) is 5.63. The Morgan fingerprint density at radius 2 is 1.85 bits per heavy atom. The summed E-state index contributed by atoms with van der Waals surface area (Å²) in [6.45, 7) is 3.03. The molecule has 27 heavy (non-hydrogen) atoms. The normalized spacial score (nSPS) is 11.6. The van der Waals surface area contributed by atoms with Gasteiger partial charge in [-0.1, -0.05) is 6.07 Å². The van der Waals surface area contributed by atoms with Crippen LogP contribution in [0, 0.1) is 5.82 Å². The van der Waals surface area contributed by atoms with E-state index in [0.29, 0.717) is 18.8 Å². The Kier molecular flexibility index (Phi) is 6.70. The van der Waals surface area contributed by atoms with Gasteiger partial charge in [-0.25, -0.2) is 13.2 Å². The highest BCUT2D eigenvalue weighted by Gasteiger charge is 2.42. The monoisotopic (exact) mass is 391 g/mol. The number of alkyl halides is 4. The molecule has 0 spiro atoms. The van der Waals surface area contributed by atoms with Crippen LogP contribution in [0.15, 0.2) is 24.3 Å². The lowest BCUT2D eigenvalue weighted by Crippen LogP contribution is -2.34. The molecular weight excluding hydrogens is 373 g/mol. The average molecular weight is 391 g/mol. The van der Waals surface area contributed by atoms with Crippen LogP contribution >= 0.6 is 0 Å². The second-order valence-corrected chi connectivity index (χ2v) is 5.40. The molecule has 1 aromatic heterocycles. The molecule has 0 aliphatic heterocycles. The van der Waals surface area contributed by atoms with Gasteiger partial charge in [0.25, 0.3) is 0 Å². The van der Waals surface area contributed by atoms with Gasteiger partial charge in [0.1, 0.15) is 5.82 Å². The highest BCUT2D eigenvalue weighted by molar-refractivity contribution is 5.54. The summed E-state index contributed by atoms with van der Waals surface area (Å²) in [5.74, 6) is -4.86. The minimum Gasteiger partial charge on any atom is -0.457 e. The molecule has 148 valence electrons. The van der Waals surface area contributed by atoms with Crippen molar-refractivity contribution in [2.75, 3.05) is 29.9 Å². The van der Waals surface area contributed by atoms with Crippen LogP contribution in [0.1, 0.15) is 13.8 Å². The van der Waals surface area contributed by atoms with E-state index in [1.165, 1.54) is 24.3 Å². The Hall–Kier alpha value is -2.72. The number of benzene rings is 1. The molecule has 0 saturated heterocycles. The smallest absolute Gasteiger partial charge is 0.340 e. The van der Waals surface area contributed by atoms with Crippen LogP contribution in [-0.4, -0.2) is 47.0 Å². The van der Waals surface area contributed by atoms with Crippen LogP contribution in [0.4, 0.5) is 39.5 Å². The highest BCUT2D eigenvalue weighted by Crippen LogP contribution is 2.25. The van der Waals surface area contributed by atoms with Gasteiger partial charge in [0, 0.05) is 18.8 Å². The first-order valence-corrected chi connectivity index (χ1v) is 8.07. The summed E-state index contributed by atoms with van der Waals surface area (Å²) >= 11 is 0. The zero-order valence-corrected chi connectivity index (χ0v) is 14.6. The quantitative estimate of drug-likeness (QED) is 0.655. The van der Waals surface area contributed by atoms with Crippen molar-refractivity contribution in [2.45, 2.75) is 26.2 Å². The van der Waals surface area contributed by atoms with Gasteiger partial charge in [-0.3, -0.25) is 0 Å². The van der Waals surface area contributed by atoms with Crippen LogP contribution in [0.5, 0.6) is 6.01 Å². The lowest BCUT2D eigenvalue weighted by molar-refractivity contribution is -0.149. The molecule has 2 aromatic rings. The fourth-order valence-electron chi connectivity index (χ4n) is 2.03. The summed E-state index contributed by atoms with van der Waals surface area (Å²) in [6, 6.07) is 4.85. The molecule has 0 atom stereocenters. The minimum absolute atomic E-state index is 0.101. The van der Waals surface area contributed by atoms with Gasteiger partial charge in [0.05, 0.1) is 0 Å². The molecule has 0 aliphatic rings. The molecule has 0 radical (unpaired) electrons. The van der Waals surface area contributed by atoms with Gasteiger partial charge in [-0.05, 0) is 32.0 Å². The molecule has 2 rings (SSSR count). The molecule has 0 bridgehead atoms. The SMILES string of the molecule is CCN(CC)c1nc(Nc2cccc(F)c2)nc(OCC(F)(F)C(F)F)n1. The van der Waals surface area contributed by atoms with Crippen molar-refractivity contribution in [3.63, 3.8) is 0 Å². The van der Waals surface area contributed by atoms with Crippen molar-refractivity contribution in [3.05, 3.63) is 30.1 Å². The number of halogens is 5. The lowest BCUT2D eigenvalue weighted by Gasteiger charge is -2.20. The Morgan fingerprint density at radius 3 is 2.44 bits per heavy atom. The minimum atomic E-state index is -4.35. The maximum Gasteiger partial charge on any atom is 0.340 e. The molecule has 6 nitrogen and oxygen atoms in total. The van der Waals surface area contributed by atoms with E-state index in [0.717, 1.165) is 0 Å². The highest BCUT2D eigenvalue weighted by atomic mass is 19.3. The number of hydrogen-bond donors (Lipinski definition) is 1. The van der Waals surface area contributed by atoms with E-state index in [1.54, 1.807) is 4.90 Å². The van der Waals surface area contributed by atoms with Crippen LogP contribution < -0.4 is 15.0 Å². The zero-order chi connectivity index (χ0) is 20.0. The molecule has 0 fully saturated rings. The van der Waals surface area contributed by atoms with E-state index in [9.17, 15) is 22.0 Å². The van der Waals surface area contributed by atoms with Crippen LogP contribution in [0.2, 0.25) is 0 Å². The maximum absolute atomic E-state index is 13.3. The maximum atomic E-state index is 13.3. The Balaban J connectivity index is 2.30. The van der Waals surface area contributed by atoms with Gasteiger partial charge < -0.3 is 15.0 Å². The van der Waals surface area contributed by atoms with E-state index in [2.05, 4.69) is 25.0 Å². The standard InChI is InChI=1S/C16H18F5N5O/c1-3-26(4-2)14-23-13(22-11-7-5-6-10(17)8-11)24-15(25-14)27-9-16(20,21)12(18)19/h5-8,12H,3-4,9H2,1-2H3,(H,22,23,24,25). The lowest BCUT2D eigenvalue weighted by atomic mass is 10.3. The van der Waals surface area contributed by atoms with Gasteiger partial charge in [0.15, 0.2) is 6.61 Å². The predicted octanol–water partition coefficient (Wildman–Crippen LogP) is 3.88.